The van der Waals surface area contributed by atoms with Crippen LogP contribution in [-0.2, 0) is 0 Å². The predicted octanol–water partition coefficient (Wildman–Crippen LogP) is 3.89. The molecule has 2 rings (SSSR count). The highest BCUT2D eigenvalue weighted by Crippen LogP contribution is 2.33. The van der Waals surface area contributed by atoms with Crippen molar-refractivity contribution in [2.24, 2.45) is 17.8 Å². The molecule has 0 bridgehead atoms. The highest BCUT2D eigenvalue weighted by atomic mass is 14.3. The molecule has 0 saturated heterocycles. The van der Waals surface area contributed by atoms with E-state index in [-0.39, 0.29) is 0 Å². The molecule has 74 valence electrons. The fourth-order valence-electron chi connectivity index (χ4n) is 2.33. The smallest absolute Gasteiger partial charge is 0.00131 e. The molecule has 2 aliphatic rings. The molecule has 0 amide bonds. The SMILES string of the molecule is CC(C)=CC1C=CC2C=CC=CC2C1. The Balaban J connectivity index is 2.12. The van der Waals surface area contributed by atoms with Crippen molar-refractivity contribution in [3.8, 4) is 0 Å². The van der Waals surface area contributed by atoms with Gasteiger partial charge in [-0.2, -0.15) is 0 Å². The monoisotopic (exact) mass is 186 g/mol. The number of hydrogen-bond acceptors (Lipinski definition) is 0. The summed E-state index contributed by atoms with van der Waals surface area (Å²) in [5, 5.41) is 0. The van der Waals surface area contributed by atoms with Crippen molar-refractivity contribution in [2.75, 3.05) is 0 Å². The van der Waals surface area contributed by atoms with Crippen LogP contribution in [0.4, 0.5) is 0 Å². The Kier molecular flexibility index (Phi) is 2.72. The zero-order valence-corrected chi connectivity index (χ0v) is 8.98. The van der Waals surface area contributed by atoms with Crippen LogP contribution in [0.15, 0.2) is 48.1 Å². The Morgan fingerprint density at radius 2 is 1.86 bits per heavy atom. The molecule has 3 unspecified atom stereocenters. The van der Waals surface area contributed by atoms with Gasteiger partial charge in [-0.25, -0.2) is 0 Å². The molecule has 0 spiro atoms. The highest BCUT2D eigenvalue weighted by molar-refractivity contribution is 5.23. The number of allylic oxidation sites excluding steroid dienone is 8. The van der Waals surface area contributed by atoms with E-state index in [1.54, 1.807) is 0 Å². The second-order valence-electron chi connectivity index (χ2n) is 4.54. The van der Waals surface area contributed by atoms with Crippen LogP contribution in [-0.4, -0.2) is 0 Å². The molecule has 2 aliphatic carbocycles. The van der Waals surface area contributed by atoms with E-state index in [0.29, 0.717) is 11.8 Å². The van der Waals surface area contributed by atoms with Crippen molar-refractivity contribution >= 4 is 0 Å². The summed E-state index contributed by atoms with van der Waals surface area (Å²) < 4.78 is 0. The zero-order valence-electron chi connectivity index (χ0n) is 8.98. The molecule has 0 aromatic carbocycles. The van der Waals surface area contributed by atoms with Gasteiger partial charge in [0.15, 0.2) is 0 Å². The third-order valence-corrected chi connectivity index (χ3v) is 2.97. The van der Waals surface area contributed by atoms with Crippen molar-refractivity contribution in [3.05, 3.63) is 48.1 Å². The van der Waals surface area contributed by atoms with Gasteiger partial charge in [-0.1, -0.05) is 48.1 Å². The van der Waals surface area contributed by atoms with E-state index in [4.69, 9.17) is 0 Å². The first kappa shape index (κ1) is 9.51. The lowest BCUT2D eigenvalue weighted by molar-refractivity contribution is 0.446. The predicted molar refractivity (Wildman–Crippen MR) is 61.9 cm³/mol. The molecule has 0 radical (unpaired) electrons. The van der Waals surface area contributed by atoms with Crippen LogP contribution in [0, 0.1) is 17.8 Å². The van der Waals surface area contributed by atoms with Crippen LogP contribution in [0.1, 0.15) is 20.3 Å². The van der Waals surface area contributed by atoms with Crippen molar-refractivity contribution in [1.82, 2.24) is 0 Å². The summed E-state index contributed by atoms with van der Waals surface area (Å²) >= 11 is 0. The van der Waals surface area contributed by atoms with Crippen LogP contribution in [0.2, 0.25) is 0 Å². The van der Waals surface area contributed by atoms with Crippen LogP contribution in [0.25, 0.3) is 0 Å². The Morgan fingerprint density at radius 1 is 1.07 bits per heavy atom. The standard InChI is InChI=1S/C14H18/c1-11(2)9-12-7-8-13-5-3-4-6-14(13)10-12/h3-9,12-14H,10H2,1-2H3. The first-order valence-electron chi connectivity index (χ1n) is 5.44. The lowest BCUT2D eigenvalue weighted by Gasteiger charge is -2.28. The molecule has 0 heteroatoms. The molecular formula is C14H18. The first-order valence-corrected chi connectivity index (χ1v) is 5.44. The van der Waals surface area contributed by atoms with Crippen molar-refractivity contribution in [2.45, 2.75) is 20.3 Å². The van der Waals surface area contributed by atoms with E-state index < -0.39 is 0 Å². The largest absolute Gasteiger partial charge is 0.0810 e. The van der Waals surface area contributed by atoms with Crippen molar-refractivity contribution in [1.29, 1.82) is 0 Å². The maximum absolute atomic E-state index is 2.37. The summed E-state index contributed by atoms with van der Waals surface area (Å²) in [6.07, 6.45) is 17.4. The Bertz CT molecular complexity index is 311. The van der Waals surface area contributed by atoms with Gasteiger partial charge < -0.3 is 0 Å². The Labute approximate surface area is 86.7 Å². The molecule has 0 aromatic rings. The minimum atomic E-state index is 0.650. The highest BCUT2D eigenvalue weighted by Gasteiger charge is 2.22. The van der Waals surface area contributed by atoms with E-state index >= 15 is 0 Å². The second-order valence-corrected chi connectivity index (χ2v) is 4.54. The lowest BCUT2D eigenvalue weighted by atomic mass is 9.77. The average Bonchev–Trinajstić information content (AvgIpc) is 2.17. The Morgan fingerprint density at radius 3 is 2.64 bits per heavy atom. The number of hydrogen-bond donors (Lipinski definition) is 0. The molecule has 14 heavy (non-hydrogen) atoms. The van der Waals surface area contributed by atoms with E-state index in [0.717, 1.165) is 5.92 Å². The zero-order chi connectivity index (χ0) is 9.97. The molecule has 0 N–H and O–H groups in total. The van der Waals surface area contributed by atoms with Gasteiger partial charge in [-0.3, -0.25) is 0 Å². The molecule has 3 atom stereocenters. The second kappa shape index (κ2) is 4.00. The lowest BCUT2D eigenvalue weighted by Crippen LogP contribution is -2.18. The maximum Gasteiger partial charge on any atom is 0.00131 e. The maximum atomic E-state index is 2.37. The Hall–Kier alpha value is -1.04. The quantitative estimate of drug-likeness (QED) is 0.545. The molecular weight excluding hydrogens is 168 g/mol. The van der Waals surface area contributed by atoms with Gasteiger partial charge in [-0.05, 0) is 32.1 Å². The fourth-order valence-corrected chi connectivity index (χ4v) is 2.33. The molecule has 0 nitrogen and oxygen atoms in total. The topological polar surface area (TPSA) is 0 Å². The van der Waals surface area contributed by atoms with Gasteiger partial charge in [0.05, 0.1) is 0 Å². The van der Waals surface area contributed by atoms with Gasteiger partial charge >= 0.3 is 0 Å². The normalized spacial score (nSPS) is 34.0. The fraction of sp³-hybridized carbons (Fsp3) is 0.429. The van der Waals surface area contributed by atoms with Crippen LogP contribution >= 0.6 is 0 Å². The summed E-state index contributed by atoms with van der Waals surface area (Å²) in [5.74, 6) is 2.03. The first-order chi connectivity index (χ1) is 6.75. The van der Waals surface area contributed by atoms with Gasteiger partial charge in [-0.15, -0.1) is 0 Å². The molecule has 0 aliphatic heterocycles. The summed E-state index contributed by atoms with van der Waals surface area (Å²) in [6.45, 7) is 4.35. The van der Waals surface area contributed by atoms with Gasteiger partial charge in [0.2, 0.25) is 0 Å². The summed E-state index contributed by atoms with van der Waals surface area (Å²) in [6, 6.07) is 0. The van der Waals surface area contributed by atoms with Crippen LogP contribution in [0.5, 0.6) is 0 Å². The van der Waals surface area contributed by atoms with Crippen LogP contribution < -0.4 is 0 Å². The van der Waals surface area contributed by atoms with Crippen molar-refractivity contribution in [3.63, 3.8) is 0 Å². The minimum absolute atomic E-state index is 0.650. The molecule has 0 saturated carbocycles. The number of rotatable bonds is 1. The van der Waals surface area contributed by atoms with Gasteiger partial charge in [0, 0.05) is 5.92 Å². The van der Waals surface area contributed by atoms with E-state index in [1.165, 1.54) is 12.0 Å². The summed E-state index contributed by atoms with van der Waals surface area (Å²) in [5.41, 5.74) is 1.42. The minimum Gasteiger partial charge on any atom is -0.0810 e. The number of fused-ring (bicyclic) bond motifs is 1. The van der Waals surface area contributed by atoms with Gasteiger partial charge in [0.1, 0.15) is 0 Å². The average molecular weight is 186 g/mol. The molecule has 0 heterocycles. The van der Waals surface area contributed by atoms with Crippen LogP contribution in [0.3, 0.4) is 0 Å². The third kappa shape index (κ3) is 2.06. The summed E-state index contributed by atoms with van der Waals surface area (Å²) in [4.78, 5) is 0. The van der Waals surface area contributed by atoms with E-state index in [1.807, 2.05) is 0 Å². The third-order valence-electron chi connectivity index (χ3n) is 2.97. The molecule has 0 fully saturated rings. The van der Waals surface area contributed by atoms with E-state index in [2.05, 4.69) is 56.4 Å². The van der Waals surface area contributed by atoms with Gasteiger partial charge in [0.25, 0.3) is 0 Å². The molecule has 0 aromatic heterocycles. The van der Waals surface area contributed by atoms with Crippen molar-refractivity contribution < 1.29 is 0 Å². The van der Waals surface area contributed by atoms with E-state index in [9.17, 15) is 0 Å². The summed E-state index contributed by atoms with van der Waals surface area (Å²) in [7, 11) is 0.